The number of primary amides is 1. The van der Waals surface area contributed by atoms with Gasteiger partial charge in [0.1, 0.15) is 17.7 Å². The van der Waals surface area contributed by atoms with E-state index < -0.39 is 56.6 Å². The van der Waals surface area contributed by atoms with Gasteiger partial charge >= 0.3 is 0 Å². The Morgan fingerprint density at radius 3 is 2.07 bits per heavy atom. The number of rotatable bonds is 18. The summed E-state index contributed by atoms with van der Waals surface area (Å²) in [5.74, 6) is -2.95. The van der Waals surface area contributed by atoms with Crippen molar-refractivity contribution in [3.8, 4) is 0 Å². The van der Waals surface area contributed by atoms with E-state index in [1.807, 2.05) is 32.0 Å². The Bertz CT molecular complexity index is 1150. The summed E-state index contributed by atoms with van der Waals surface area (Å²) in [7, 11) is -3.69. The minimum Gasteiger partial charge on any atom is -0.390 e. The molecule has 2 rings (SSSR count). The highest BCUT2D eigenvalue weighted by Gasteiger charge is 2.33. The van der Waals surface area contributed by atoms with E-state index in [4.69, 9.17) is 5.73 Å². The third-order valence-electron chi connectivity index (χ3n) is 6.81. The second-order valence-corrected chi connectivity index (χ2v) is 12.4. The number of carbonyl (C=O) groups excluding carboxylic acids is 1. The number of nitrogens with one attached hydrogen (secondary N) is 2. The summed E-state index contributed by atoms with van der Waals surface area (Å²) in [6.45, 7) is 6.41. The third-order valence-corrected chi connectivity index (χ3v) is 9.10. The molecule has 0 aliphatic rings. The first-order valence-electron chi connectivity index (χ1n) is 13.7. The van der Waals surface area contributed by atoms with Crippen LogP contribution in [0.4, 0.5) is 8.78 Å². The number of hydrogen-bond acceptors (Lipinski definition) is 6. The van der Waals surface area contributed by atoms with Gasteiger partial charge in [-0.2, -0.15) is 0 Å². The first-order chi connectivity index (χ1) is 18.5. The molecule has 0 unspecified atom stereocenters. The number of sulfone groups is 1. The summed E-state index contributed by atoms with van der Waals surface area (Å²) in [5, 5.41) is 16.6. The summed E-state index contributed by atoms with van der Waals surface area (Å²) in [6, 6.07) is 8.83. The number of amides is 1. The second-order valence-electron chi connectivity index (χ2n) is 10.1. The number of nitrogens with two attached hydrogens (primary N) is 1. The highest BCUT2D eigenvalue weighted by atomic mass is 35.5. The van der Waals surface area contributed by atoms with Gasteiger partial charge in [0.2, 0.25) is 5.91 Å². The summed E-state index contributed by atoms with van der Waals surface area (Å²) in [6.07, 6.45) is 2.01. The number of halogens is 4. The van der Waals surface area contributed by atoms with Gasteiger partial charge in [0.15, 0.2) is 9.84 Å². The molecule has 2 aromatic rings. The Labute approximate surface area is 255 Å². The molecule has 0 aromatic heterocycles. The van der Waals surface area contributed by atoms with Crippen LogP contribution in [-0.2, 0) is 34.0 Å². The first kappa shape index (κ1) is 39.2. The Morgan fingerprint density at radius 1 is 0.951 bits per heavy atom. The van der Waals surface area contributed by atoms with Crippen molar-refractivity contribution >= 4 is 40.6 Å². The van der Waals surface area contributed by atoms with Crippen molar-refractivity contribution in [2.45, 2.75) is 89.3 Å². The summed E-state index contributed by atoms with van der Waals surface area (Å²) in [4.78, 5) is 12.4. The Balaban J connectivity index is 0.00000800. The monoisotopic (exact) mass is 639 g/mol. The fourth-order valence-electron chi connectivity index (χ4n) is 4.74. The molecule has 0 bridgehead atoms. The van der Waals surface area contributed by atoms with E-state index in [0.29, 0.717) is 32.2 Å². The lowest BCUT2D eigenvalue weighted by atomic mass is 9.99. The topological polar surface area (TPSA) is 122 Å². The van der Waals surface area contributed by atoms with Crippen molar-refractivity contribution in [3.05, 3.63) is 70.8 Å². The molecule has 0 heterocycles. The number of aliphatic hydroxyl groups is 1. The van der Waals surface area contributed by atoms with Gasteiger partial charge in [-0.3, -0.25) is 10.1 Å². The van der Waals surface area contributed by atoms with Crippen molar-refractivity contribution in [1.82, 2.24) is 10.6 Å². The molecule has 0 saturated carbocycles. The Kier molecular flexibility index (Phi) is 18.5. The van der Waals surface area contributed by atoms with Crippen LogP contribution in [0, 0.1) is 11.6 Å². The smallest absolute Gasteiger partial charge is 0.235 e. The molecule has 2 aromatic carbocycles. The molecule has 41 heavy (non-hydrogen) atoms. The number of carbonyl (C=O) groups is 1. The maximum atomic E-state index is 13.9. The molecule has 0 radical (unpaired) electrons. The summed E-state index contributed by atoms with van der Waals surface area (Å²) < 4.78 is 54.1. The van der Waals surface area contributed by atoms with Gasteiger partial charge in [-0.25, -0.2) is 17.2 Å². The number of aryl methyl sites for hydroxylation is 1. The fourth-order valence-corrected chi connectivity index (χ4v) is 6.93. The molecular formula is C29H45Cl2F2N3O4S. The highest BCUT2D eigenvalue weighted by Crippen LogP contribution is 2.18. The molecule has 0 saturated heterocycles. The zero-order valence-electron chi connectivity index (χ0n) is 23.9. The molecule has 0 aliphatic heterocycles. The van der Waals surface area contributed by atoms with Gasteiger partial charge in [0.05, 0.1) is 17.1 Å². The zero-order chi connectivity index (χ0) is 29.0. The van der Waals surface area contributed by atoms with Gasteiger partial charge in [0, 0.05) is 25.2 Å². The Hall–Kier alpha value is -1.82. The molecule has 7 nitrogen and oxygen atoms in total. The highest BCUT2D eigenvalue weighted by molar-refractivity contribution is 7.92. The Morgan fingerprint density at radius 2 is 1.54 bits per heavy atom. The van der Waals surface area contributed by atoms with Crippen LogP contribution in [0.3, 0.4) is 0 Å². The minimum absolute atomic E-state index is 0. The van der Waals surface area contributed by atoms with Crippen LogP contribution >= 0.6 is 24.8 Å². The van der Waals surface area contributed by atoms with E-state index in [9.17, 15) is 27.1 Å². The summed E-state index contributed by atoms with van der Waals surface area (Å²) >= 11 is 0. The standard InChI is InChI=1S/C29H43F2N3O4S.2ClH/c1-4-8-25(9-5-2)39(37,38)19-27(29(32)36)34-26(15-22-13-23(30)16-24(31)14-22)28(35)18-33-17-21-11-7-10-20(6-3)12-21;;/h7,10-14,16,25-28,33-35H,4-6,8-9,15,17-19H2,1-3H3,(H2,32,36);2*1H/t26-,27+,28+;;/m0../s1. The van der Waals surface area contributed by atoms with Crippen LogP contribution in [-0.4, -0.2) is 55.2 Å². The molecule has 0 aliphatic carbocycles. The van der Waals surface area contributed by atoms with Gasteiger partial charge in [-0.05, 0) is 54.5 Å². The lowest BCUT2D eigenvalue weighted by Crippen LogP contribution is -2.56. The minimum atomic E-state index is -3.69. The SMILES string of the molecule is CCCC(CCC)S(=O)(=O)C[C@@H](N[C@@H](Cc1cc(F)cc(F)c1)[C@H](O)CNCc1cccc(CC)c1)C(N)=O.Cl.Cl. The average Bonchev–Trinajstić information content (AvgIpc) is 2.87. The van der Waals surface area contributed by atoms with Crippen LogP contribution in [0.5, 0.6) is 0 Å². The van der Waals surface area contributed by atoms with Crippen molar-refractivity contribution < 1.29 is 27.1 Å². The average molecular weight is 641 g/mol. The second kappa shape index (κ2) is 19.4. The molecule has 0 spiro atoms. The van der Waals surface area contributed by atoms with Crippen LogP contribution in [0.1, 0.15) is 63.1 Å². The van der Waals surface area contributed by atoms with Gasteiger partial charge in [-0.15, -0.1) is 24.8 Å². The van der Waals surface area contributed by atoms with E-state index in [1.54, 1.807) is 0 Å². The van der Waals surface area contributed by atoms with E-state index in [1.165, 1.54) is 5.56 Å². The number of benzene rings is 2. The quantitative estimate of drug-likeness (QED) is 0.193. The van der Waals surface area contributed by atoms with E-state index in [0.717, 1.165) is 30.2 Å². The van der Waals surface area contributed by atoms with Gasteiger partial charge in [-0.1, -0.05) is 57.9 Å². The van der Waals surface area contributed by atoms with Crippen molar-refractivity contribution in [3.63, 3.8) is 0 Å². The van der Waals surface area contributed by atoms with Crippen LogP contribution in [0.25, 0.3) is 0 Å². The predicted molar refractivity (Wildman–Crippen MR) is 165 cm³/mol. The first-order valence-corrected chi connectivity index (χ1v) is 15.4. The normalized spacial score (nSPS) is 13.6. The van der Waals surface area contributed by atoms with E-state index >= 15 is 0 Å². The van der Waals surface area contributed by atoms with Crippen LogP contribution < -0.4 is 16.4 Å². The third kappa shape index (κ3) is 13.4. The maximum Gasteiger partial charge on any atom is 0.235 e. The van der Waals surface area contributed by atoms with Crippen molar-refractivity contribution in [2.24, 2.45) is 5.73 Å². The lowest BCUT2D eigenvalue weighted by Gasteiger charge is -2.29. The molecule has 12 heteroatoms. The largest absolute Gasteiger partial charge is 0.390 e. The van der Waals surface area contributed by atoms with Crippen LogP contribution in [0.2, 0.25) is 0 Å². The van der Waals surface area contributed by atoms with Gasteiger partial charge < -0.3 is 16.2 Å². The van der Waals surface area contributed by atoms with E-state index in [-0.39, 0.29) is 43.3 Å². The maximum absolute atomic E-state index is 13.9. The fraction of sp³-hybridized carbons (Fsp3) is 0.552. The van der Waals surface area contributed by atoms with Crippen LogP contribution in [0.15, 0.2) is 42.5 Å². The molecule has 0 fully saturated rings. The number of hydrogen-bond donors (Lipinski definition) is 4. The molecule has 1 amide bonds. The molecular weight excluding hydrogens is 595 g/mol. The van der Waals surface area contributed by atoms with Crippen molar-refractivity contribution in [2.75, 3.05) is 12.3 Å². The molecule has 234 valence electrons. The molecule has 5 N–H and O–H groups in total. The van der Waals surface area contributed by atoms with Crippen molar-refractivity contribution in [1.29, 1.82) is 0 Å². The van der Waals surface area contributed by atoms with E-state index in [2.05, 4.69) is 23.6 Å². The van der Waals surface area contributed by atoms with Gasteiger partial charge in [0.25, 0.3) is 0 Å². The lowest BCUT2D eigenvalue weighted by molar-refractivity contribution is -0.119. The predicted octanol–water partition coefficient (Wildman–Crippen LogP) is 4.26. The summed E-state index contributed by atoms with van der Waals surface area (Å²) in [5.41, 5.74) is 8.06. The zero-order valence-corrected chi connectivity index (χ0v) is 26.4. The number of aliphatic hydroxyl groups excluding tert-OH is 1. The molecule has 3 atom stereocenters.